The summed E-state index contributed by atoms with van der Waals surface area (Å²) >= 11 is 0. The maximum Gasteiger partial charge on any atom is 0.329 e. The van der Waals surface area contributed by atoms with E-state index in [0.717, 1.165) is 5.56 Å². The van der Waals surface area contributed by atoms with Crippen LogP contribution in [0.4, 0.5) is 0 Å². The fraction of sp³-hybridized carbons (Fsp3) is 0.650. The molecule has 1 fully saturated rings. The summed E-state index contributed by atoms with van der Waals surface area (Å²) in [6.07, 6.45) is -3.08. The molecule has 1 aliphatic heterocycles. The second kappa shape index (κ2) is 11.5. The number of hydrogen-bond donors (Lipinski definition) is 1. The molecule has 1 aromatic carbocycles. The highest BCUT2D eigenvalue weighted by molar-refractivity contribution is 5.68. The Morgan fingerprint density at radius 3 is 2.32 bits per heavy atom. The molecule has 0 unspecified atom stereocenters. The highest BCUT2D eigenvalue weighted by atomic mass is 16.7. The first-order chi connectivity index (χ1) is 13.5. The van der Waals surface area contributed by atoms with Crippen molar-refractivity contribution < 1.29 is 38.3 Å². The van der Waals surface area contributed by atoms with E-state index >= 15 is 0 Å². The lowest BCUT2D eigenvalue weighted by atomic mass is 9.98. The topological polar surface area (TPSA) is 92.7 Å². The van der Waals surface area contributed by atoms with E-state index in [1.165, 1.54) is 0 Å². The van der Waals surface area contributed by atoms with Crippen LogP contribution in [0.15, 0.2) is 30.3 Å². The van der Waals surface area contributed by atoms with E-state index in [1.807, 2.05) is 44.2 Å². The first kappa shape index (κ1) is 22.7. The van der Waals surface area contributed by atoms with Crippen molar-refractivity contribution in [2.24, 2.45) is 0 Å². The van der Waals surface area contributed by atoms with E-state index in [1.54, 1.807) is 14.2 Å². The number of rotatable bonds is 11. The highest BCUT2D eigenvalue weighted by Gasteiger charge is 2.48. The Balaban J connectivity index is 2.16. The lowest BCUT2D eigenvalue weighted by Crippen LogP contribution is -2.61. The molecule has 0 amide bonds. The van der Waals surface area contributed by atoms with Crippen molar-refractivity contribution >= 4 is 5.97 Å². The first-order valence-electron chi connectivity index (χ1n) is 9.27. The zero-order valence-corrected chi connectivity index (χ0v) is 16.8. The molecule has 1 saturated heterocycles. The van der Waals surface area contributed by atoms with Crippen LogP contribution in [0.5, 0.6) is 0 Å². The minimum absolute atomic E-state index is 0.00698. The number of ether oxygens (including phenoxy) is 6. The summed E-state index contributed by atoms with van der Waals surface area (Å²) in [5.41, 5.74) is 0.966. The number of aliphatic carboxylic acids is 1. The zero-order valence-electron chi connectivity index (χ0n) is 16.8. The maximum absolute atomic E-state index is 11.0. The Morgan fingerprint density at radius 2 is 1.75 bits per heavy atom. The number of carboxylic acid groups (broad SMARTS) is 1. The molecular formula is C20H30O8. The van der Waals surface area contributed by atoms with Crippen LogP contribution < -0.4 is 0 Å². The number of methoxy groups -OCH3 is 2. The molecule has 1 aromatic rings. The lowest BCUT2D eigenvalue weighted by Gasteiger charge is -2.45. The van der Waals surface area contributed by atoms with Gasteiger partial charge in [0.05, 0.1) is 19.3 Å². The van der Waals surface area contributed by atoms with Crippen LogP contribution in [0.25, 0.3) is 0 Å². The Hall–Kier alpha value is -1.55. The normalized spacial score (nSPS) is 27.8. The summed E-state index contributed by atoms with van der Waals surface area (Å²) in [4.78, 5) is 11.0. The van der Waals surface area contributed by atoms with Gasteiger partial charge in [-0.2, -0.15) is 0 Å². The lowest BCUT2D eigenvalue weighted by molar-refractivity contribution is -0.319. The van der Waals surface area contributed by atoms with Crippen LogP contribution in [-0.4, -0.2) is 75.3 Å². The molecule has 1 aliphatic rings. The second-order valence-electron chi connectivity index (χ2n) is 6.79. The third-order valence-electron chi connectivity index (χ3n) is 4.39. The average molecular weight is 398 g/mol. The molecule has 0 aliphatic carbocycles. The highest BCUT2D eigenvalue weighted by Crippen LogP contribution is 2.29. The van der Waals surface area contributed by atoms with Crippen molar-refractivity contribution in [2.75, 3.05) is 27.4 Å². The molecule has 1 heterocycles. The Morgan fingerprint density at radius 1 is 1.07 bits per heavy atom. The summed E-state index contributed by atoms with van der Waals surface area (Å²) in [5.74, 6) is -1.09. The van der Waals surface area contributed by atoms with E-state index in [2.05, 4.69) is 0 Å². The molecule has 2 rings (SSSR count). The van der Waals surface area contributed by atoms with Gasteiger partial charge in [-0.25, -0.2) is 4.79 Å². The van der Waals surface area contributed by atoms with Crippen molar-refractivity contribution in [3.05, 3.63) is 35.9 Å². The molecule has 158 valence electrons. The van der Waals surface area contributed by atoms with Gasteiger partial charge in [0.1, 0.15) is 31.0 Å². The van der Waals surface area contributed by atoms with Crippen LogP contribution in [0.1, 0.15) is 19.4 Å². The fourth-order valence-corrected chi connectivity index (χ4v) is 3.08. The molecule has 28 heavy (non-hydrogen) atoms. The van der Waals surface area contributed by atoms with E-state index in [0.29, 0.717) is 6.61 Å². The van der Waals surface area contributed by atoms with Crippen molar-refractivity contribution in [3.63, 3.8) is 0 Å². The van der Waals surface area contributed by atoms with E-state index < -0.39 is 43.3 Å². The summed E-state index contributed by atoms with van der Waals surface area (Å²) in [6, 6.07) is 9.63. The predicted molar refractivity (Wildman–Crippen MR) is 99.9 cm³/mol. The molecule has 0 bridgehead atoms. The standard InChI is InChI=1S/C20H30O8/c1-13(2)25-11-15-17(23-3)18(24-4)19(20(28-15)27-12-16(21)22)26-10-14-8-6-5-7-9-14/h5-9,13,15,17-20H,10-12H2,1-4H3,(H,21,22)/t15-,17-,18+,19+,20+/m1/s1. The van der Waals surface area contributed by atoms with Gasteiger partial charge >= 0.3 is 5.97 Å². The van der Waals surface area contributed by atoms with Crippen molar-refractivity contribution in [1.82, 2.24) is 0 Å². The van der Waals surface area contributed by atoms with Crippen LogP contribution in [0, 0.1) is 0 Å². The van der Waals surface area contributed by atoms with Crippen LogP contribution >= 0.6 is 0 Å². The maximum atomic E-state index is 11.0. The van der Waals surface area contributed by atoms with Gasteiger partial charge in [-0.05, 0) is 19.4 Å². The SMILES string of the molecule is CO[C@@H]1[C@H](OCc2ccccc2)[C@@H](OCC(=O)O)O[C@H](COC(C)C)[C@H]1OC. The number of benzene rings is 1. The van der Waals surface area contributed by atoms with Gasteiger partial charge in [-0.15, -0.1) is 0 Å². The van der Waals surface area contributed by atoms with Gasteiger partial charge in [0.25, 0.3) is 0 Å². The van der Waals surface area contributed by atoms with Gasteiger partial charge in [-0.1, -0.05) is 30.3 Å². The zero-order chi connectivity index (χ0) is 20.5. The molecule has 0 radical (unpaired) electrons. The summed E-state index contributed by atoms with van der Waals surface area (Å²) in [6.45, 7) is 3.88. The summed E-state index contributed by atoms with van der Waals surface area (Å²) < 4.78 is 34.4. The third-order valence-corrected chi connectivity index (χ3v) is 4.39. The van der Waals surface area contributed by atoms with E-state index in [9.17, 15) is 4.79 Å². The molecular weight excluding hydrogens is 368 g/mol. The summed E-state index contributed by atoms with van der Waals surface area (Å²) in [7, 11) is 3.12. The fourth-order valence-electron chi connectivity index (χ4n) is 3.08. The number of carbonyl (C=O) groups is 1. The van der Waals surface area contributed by atoms with Crippen LogP contribution in [-0.2, 0) is 39.8 Å². The predicted octanol–water partition coefficient (Wildman–Crippen LogP) is 1.85. The molecule has 5 atom stereocenters. The van der Waals surface area contributed by atoms with Gasteiger partial charge in [0.2, 0.25) is 0 Å². The largest absolute Gasteiger partial charge is 0.480 e. The smallest absolute Gasteiger partial charge is 0.329 e. The van der Waals surface area contributed by atoms with Gasteiger partial charge in [-0.3, -0.25) is 0 Å². The first-order valence-corrected chi connectivity index (χ1v) is 9.27. The molecule has 0 aromatic heterocycles. The van der Waals surface area contributed by atoms with Crippen LogP contribution in [0.2, 0.25) is 0 Å². The minimum atomic E-state index is -1.09. The van der Waals surface area contributed by atoms with Gasteiger partial charge < -0.3 is 33.5 Å². The minimum Gasteiger partial charge on any atom is -0.480 e. The van der Waals surface area contributed by atoms with Crippen molar-refractivity contribution in [1.29, 1.82) is 0 Å². The molecule has 0 saturated carbocycles. The average Bonchev–Trinajstić information content (AvgIpc) is 2.69. The molecule has 8 nitrogen and oxygen atoms in total. The molecule has 1 N–H and O–H groups in total. The van der Waals surface area contributed by atoms with Crippen molar-refractivity contribution in [3.8, 4) is 0 Å². The Kier molecular flexibility index (Phi) is 9.30. The quantitative estimate of drug-likeness (QED) is 0.604. The Bertz CT molecular complexity index is 579. The van der Waals surface area contributed by atoms with Gasteiger partial charge in [0.15, 0.2) is 6.29 Å². The molecule has 8 heteroatoms. The Labute approximate surface area is 165 Å². The molecule has 0 spiro atoms. The van der Waals surface area contributed by atoms with Gasteiger partial charge in [0, 0.05) is 14.2 Å². The third kappa shape index (κ3) is 6.51. The summed E-state index contributed by atoms with van der Waals surface area (Å²) in [5, 5.41) is 9.00. The second-order valence-corrected chi connectivity index (χ2v) is 6.79. The van der Waals surface area contributed by atoms with E-state index in [4.69, 9.17) is 33.5 Å². The van der Waals surface area contributed by atoms with E-state index in [-0.39, 0.29) is 12.7 Å². The van der Waals surface area contributed by atoms with Crippen LogP contribution in [0.3, 0.4) is 0 Å². The monoisotopic (exact) mass is 398 g/mol. The number of carboxylic acids is 1. The number of hydrogen-bond acceptors (Lipinski definition) is 7. The van der Waals surface area contributed by atoms with Crippen molar-refractivity contribution in [2.45, 2.75) is 57.3 Å².